The van der Waals surface area contributed by atoms with E-state index in [1.807, 2.05) is 40.6 Å². The summed E-state index contributed by atoms with van der Waals surface area (Å²) >= 11 is 2.93. The summed E-state index contributed by atoms with van der Waals surface area (Å²) in [5.41, 5.74) is 2.47. The van der Waals surface area contributed by atoms with Gasteiger partial charge in [-0.15, -0.1) is 23.1 Å². The van der Waals surface area contributed by atoms with E-state index in [4.69, 9.17) is 0 Å². The lowest BCUT2D eigenvalue weighted by molar-refractivity contribution is -0.127. The lowest BCUT2D eigenvalue weighted by Gasteiger charge is -2.15. The predicted octanol–water partition coefficient (Wildman–Crippen LogP) is 3.85. The van der Waals surface area contributed by atoms with Gasteiger partial charge in [-0.05, 0) is 37.1 Å². The quantitative estimate of drug-likeness (QED) is 0.567. The molecule has 1 fully saturated rings. The van der Waals surface area contributed by atoms with Crippen LogP contribution in [0, 0.1) is 0 Å². The van der Waals surface area contributed by atoms with Crippen LogP contribution in [0.25, 0.3) is 11.3 Å². The SMILES string of the molecule is O=C(NCc1nc(-c2ccncc2)cs1)c1ccccc1SCC(=O)N1CCCC1. The topological polar surface area (TPSA) is 75.2 Å². The fourth-order valence-electron chi connectivity index (χ4n) is 3.28. The maximum Gasteiger partial charge on any atom is 0.252 e. The van der Waals surface area contributed by atoms with Crippen LogP contribution in [0.15, 0.2) is 59.1 Å². The van der Waals surface area contributed by atoms with Crippen molar-refractivity contribution in [3.05, 3.63) is 64.7 Å². The zero-order valence-corrected chi connectivity index (χ0v) is 18.0. The van der Waals surface area contributed by atoms with Gasteiger partial charge in [0.2, 0.25) is 5.91 Å². The van der Waals surface area contributed by atoms with E-state index in [-0.39, 0.29) is 11.8 Å². The Bertz CT molecular complexity index is 1020. The Balaban J connectivity index is 1.36. The Morgan fingerprint density at radius 3 is 2.67 bits per heavy atom. The first-order chi connectivity index (χ1) is 14.7. The van der Waals surface area contributed by atoms with E-state index in [1.54, 1.807) is 18.5 Å². The van der Waals surface area contributed by atoms with E-state index in [0.29, 0.717) is 17.9 Å². The van der Waals surface area contributed by atoms with Crippen LogP contribution in [0.5, 0.6) is 0 Å². The van der Waals surface area contributed by atoms with Crippen LogP contribution >= 0.6 is 23.1 Å². The zero-order valence-electron chi connectivity index (χ0n) is 16.4. The number of carbonyl (C=O) groups is 2. The summed E-state index contributed by atoms with van der Waals surface area (Å²) in [6.45, 7) is 2.05. The van der Waals surface area contributed by atoms with Crippen LogP contribution in [0.2, 0.25) is 0 Å². The molecule has 2 aromatic heterocycles. The van der Waals surface area contributed by atoms with Crippen molar-refractivity contribution in [3.63, 3.8) is 0 Å². The van der Waals surface area contributed by atoms with E-state index in [1.165, 1.54) is 23.1 Å². The first-order valence-corrected chi connectivity index (χ1v) is 11.7. The van der Waals surface area contributed by atoms with Crippen LogP contribution in [0.4, 0.5) is 0 Å². The first-order valence-electron chi connectivity index (χ1n) is 9.83. The number of carbonyl (C=O) groups excluding carboxylic acids is 2. The number of benzene rings is 1. The van der Waals surface area contributed by atoms with Crippen molar-refractivity contribution >= 4 is 34.9 Å². The molecule has 0 atom stereocenters. The van der Waals surface area contributed by atoms with E-state index in [9.17, 15) is 9.59 Å². The van der Waals surface area contributed by atoms with Gasteiger partial charge >= 0.3 is 0 Å². The van der Waals surface area contributed by atoms with Gasteiger partial charge in [-0.25, -0.2) is 4.98 Å². The highest BCUT2D eigenvalue weighted by Gasteiger charge is 2.19. The molecule has 2 amide bonds. The number of likely N-dealkylation sites (tertiary alicyclic amines) is 1. The van der Waals surface area contributed by atoms with Crippen molar-refractivity contribution in [1.29, 1.82) is 0 Å². The molecule has 30 heavy (non-hydrogen) atoms. The highest BCUT2D eigenvalue weighted by atomic mass is 32.2. The summed E-state index contributed by atoms with van der Waals surface area (Å²) in [5, 5.41) is 5.77. The van der Waals surface area contributed by atoms with Crippen LogP contribution in [-0.4, -0.2) is 45.5 Å². The van der Waals surface area contributed by atoms with Gasteiger partial charge in [0, 0.05) is 41.3 Å². The Morgan fingerprint density at radius 1 is 1.10 bits per heavy atom. The maximum absolute atomic E-state index is 12.8. The summed E-state index contributed by atoms with van der Waals surface area (Å²) in [4.78, 5) is 36.4. The third kappa shape index (κ3) is 5.06. The van der Waals surface area contributed by atoms with Crippen molar-refractivity contribution in [3.8, 4) is 11.3 Å². The molecular weight excluding hydrogens is 416 g/mol. The number of nitrogens with one attached hydrogen (secondary N) is 1. The van der Waals surface area contributed by atoms with Gasteiger partial charge < -0.3 is 10.2 Å². The smallest absolute Gasteiger partial charge is 0.252 e. The Morgan fingerprint density at radius 2 is 1.87 bits per heavy atom. The summed E-state index contributed by atoms with van der Waals surface area (Å²) < 4.78 is 0. The van der Waals surface area contributed by atoms with Gasteiger partial charge in [0.15, 0.2) is 0 Å². The number of hydrogen-bond donors (Lipinski definition) is 1. The fraction of sp³-hybridized carbons (Fsp3) is 0.273. The second-order valence-electron chi connectivity index (χ2n) is 6.92. The van der Waals surface area contributed by atoms with Gasteiger partial charge in [-0.2, -0.15) is 0 Å². The highest BCUT2D eigenvalue weighted by molar-refractivity contribution is 8.00. The second-order valence-corrected chi connectivity index (χ2v) is 8.88. The third-order valence-corrected chi connectivity index (χ3v) is 6.78. The van der Waals surface area contributed by atoms with Crippen molar-refractivity contribution in [2.24, 2.45) is 0 Å². The van der Waals surface area contributed by atoms with Crippen LogP contribution in [0.3, 0.4) is 0 Å². The number of aromatic nitrogens is 2. The minimum absolute atomic E-state index is 0.138. The summed E-state index contributed by atoms with van der Waals surface area (Å²) in [6.07, 6.45) is 5.63. The molecule has 4 rings (SSSR count). The van der Waals surface area contributed by atoms with E-state index >= 15 is 0 Å². The molecule has 0 aliphatic carbocycles. The minimum Gasteiger partial charge on any atom is -0.345 e. The Hall–Kier alpha value is -2.71. The van der Waals surface area contributed by atoms with Crippen LogP contribution in [-0.2, 0) is 11.3 Å². The standard InChI is InChI=1S/C22H22N4O2S2/c27-21(26-11-3-4-12-26)15-29-19-6-2-1-5-17(19)22(28)24-13-20-25-18(14-30-20)16-7-9-23-10-8-16/h1-2,5-10,14H,3-4,11-13,15H2,(H,24,28). The van der Waals surface area contributed by atoms with Gasteiger partial charge in [-0.3, -0.25) is 14.6 Å². The third-order valence-electron chi connectivity index (χ3n) is 4.87. The summed E-state index contributed by atoms with van der Waals surface area (Å²) in [6, 6.07) is 11.2. The van der Waals surface area contributed by atoms with Gasteiger partial charge in [0.25, 0.3) is 5.91 Å². The molecule has 1 aromatic carbocycles. The molecule has 1 aliphatic rings. The molecule has 3 aromatic rings. The second kappa shape index (κ2) is 9.86. The highest BCUT2D eigenvalue weighted by Crippen LogP contribution is 2.24. The molecule has 6 nitrogen and oxygen atoms in total. The molecule has 154 valence electrons. The molecule has 8 heteroatoms. The molecule has 3 heterocycles. The fourth-order valence-corrected chi connectivity index (χ4v) is 4.97. The molecule has 0 bridgehead atoms. The molecule has 1 N–H and O–H groups in total. The molecule has 0 radical (unpaired) electrons. The number of pyridine rings is 1. The molecule has 1 saturated heterocycles. The molecule has 0 spiro atoms. The Kier molecular flexibility index (Phi) is 6.76. The zero-order chi connectivity index (χ0) is 20.8. The van der Waals surface area contributed by atoms with Gasteiger partial charge in [0.1, 0.15) is 5.01 Å². The lowest BCUT2D eigenvalue weighted by atomic mass is 10.2. The average molecular weight is 439 g/mol. The molecule has 0 saturated carbocycles. The van der Waals surface area contributed by atoms with E-state index < -0.39 is 0 Å². The van der Waals surface area contributed by atoms with Crippen molar-refractivity contribution in [2.75, 3.05) is 18.8 Å². The van der Waals surface area contributed by atoms with Crippen molar-refractivity contribution in [1.82, 2.24) is 20.2 Å². The van der Waals surface area contributed by atoms with Gasteiger partial charge in [0.05, 0.1) is 23.6 Å². The predicted molar refractivity (Wildman–Crippen MR) is 119 cm³/mol. The summed E-state index contributed by atoms with van der Waals surface area (Å²) in [7, 11) is 0. The average Bonchev–Trinajstić information content (AvgIpc) is 3.49. The first kappa shape index (κ1) is 20.6. The minimum atomic E-state index is -0.160. The maximum atomic E-state index is 12.8. The van der Waals surface area contributed by atoms with E-state index in [0.717, 1.165) is 47.1 Å². The van der Waals surface area contributed by atoms with Crippen LogP contribution < -0.4 is 5.32 Å². The molecule has 0 unspecified atom stereocenters. The van der Waals surface area contributed by atoms with Gasteiger partial charge in [-0.1, -0.05) is 12.1 Å². The number of rotatable bonds is 7. The van der Waals surface area contributed by atoms with E-state index in [2.05, 4.69) is 15.3 Å². The molecule has 1 aliphatic heterocycles. The van der Waals surface area contributed by atoms with Crippen molar-refractivity contribution in [2.45, 2.75) is 24.3 Å². The normalized spacial score (nSPS) is 13.4. The van der Waals surface area contributed by atoms with Crippen LogP contribution in [0.1, 0.15) is 28.2 Å². The number of nitrogens with zero attached hydrogens (tertiary/aromatic N) is 3. The largest absolute Gasteiger partial charge is 0.345 e. The lowest BCUT2D eigenvalue weighted by Crippen LogP contribution is -2.29. The van der Waals surface area contributed by atoms with Crippen molar-refractivity contribution < 1.29 is 9.59 Å². The number of thiazole rings is 1. The molecular formula is C22H22N4O2S2. The number of hydrogen-bond acceptors (Lipinski definition) is 6. The summed E-state index contributed by atoms with van der Waals surface area (Å²) in [5.74, 6) is 0.332. The Labute approximate surface area is 183 Å². The monoisotopic (exact) mass is 438 g/mol. The number of thioether (sulfide) groups is 1. The number of amides is 2.